The molecule has 1 saturated heterocycles. The normalized spacial score (nSPS) is 21.3. The molecule has 1 aliphatic heterocycles. The van der Waals surface area contributed by atoms with Crippen molar-refractivity contribution in [3.8, 4) is 0 Å². The van der Waals surface area contributed by atoms with E-state index < -0.39 is 6.04 Å². The maximum atomic E-state index is 12.1. The van der Waals surface area contributed by atoms with Crippen molar-refractivity contribution in [2.45, 2.75) is 12.1 Å². The van der Waals surface area contributed by atoms with Gasteiger partial charge in [-0.15, -0.1) is 0 Å². The molecule has 3 nitrogen and oxygen atoms in total. The van der Waals surface area contributed by atoms with Crippen LogP contribution in [0.15, 0.2) is 42.5 Å². The van der Waals surface area contributed by atoms with E-state index in [2.05, 4.69) is 0 Å². The second kappa shape index (κ2) is 5.50. The van der Waals surface area contributed by atoms with Gasteiger partial charge < -0.3 is 10.6 Å². The summed E-state index contributed by atoms with van der Waals surface area (Å²) < 4.78 is 0. The van der Waals surface area contributed by atoms with Crippen molar-refractivity contribution in [2.24, 2.45) is 5.73 Å². The first kappa shape index (κ1) is 14.7. The van der Waals surface area contributed by atoms with E-state index in [4.69, 9.17) is 40.5 Å². The summed E-state index contributed by atoms with van der Waals surface area (Å²) in [5, 5.41) is 1.65. The minimum Gasteiger partial charge on any atom is -0.318 e. The Morgan fingerprint density at radius 2 is 1.57 bits per heavy atom. The highest BCUT2D eigenvalue weighted by atomic mass is 35.5. The lowest BCUT2D eigenvalue weighted by Crippen LogP contribution is -2.63. The molecule has 1 fully saturated rings. The largest absolute Gasteiger partial charge is 0.318 e. The quantitative estimate of drug-likeness (QED) is 0.837. The Bertz CT molecular complexity index is 703. The van der Waals surface area contributed by atoms with Crippen LogP contribution in [0.3, 0.4) is 0 Å². The predicted octanol–water partition coefficient (Wildman–Crippen LogP) is 4.06. The molecule has 0 bridgehead atoms. The van der Waals surface area contributed by atoms with E-state index >= 15 is 0 Å². The van der Waals surface area contributed by atoms with Gasteiger partial charge in [0.25, 0.3) is 0 Å². The number of anilines is 1. The van der Waals surface area contributed by atoms with Crippen molar-refractivity contribution < 1.29 is 4.79 Å². The average molecular weight is 342 g/mol. The number of carbonyl (C=O) groups excluding carboxylic acids is 1. The molecule has 108 valence electrons. The van der Waals surface area contributed by atoms with E-state index in [9.17, 15) is 4.79 Å². The second-order valence-electron chi connectivity index (χ2n) is 4.82. The molecule has 2 atom stereocenters. The SMILES string of the molecule is N[C@H]1C(=O)N(c2ccc(Cl)cc2)[C@@H]1c1ccc(Cl)cc1Cl. The van der Waals surface area contributed by atoms with Crippen molar-refractivity contribution in [1.29, 1.82) is 0 Å². The molecule has 6 heteroatoms. The van der Waals surface area contributed by atoms with Crippen LogP contribution in [0.25, 0.3) is 0 Å². The van der Waals surface area contributed by atoms with Gasteiger partial charge in [0.05, 0.1) is 6.04 Å². The molecule has 0 aliphatic carbocycles. The highest BCUT2D eigenvalue weighted by Crippen LogP contribution is 2.41. The van der Waals surface area contributed by atoms with Crippen LogP contribution in [-0.4, -0.2) is 11.9 Å². The summed E-state index contributed by atoms with van der Waals surface area (Å²) >= 11 is 18.0. The molecule has 1 aliphatic rings. The third-order valence-electron chi connectivity index (χ3n) is 3.53. The molecule has 1 heterocycles. The molecule has 2 aromatic carbocycles. The van der Waals surface area contributed by atoms with Crippen LogP contribution in [0.4, 0.5) is 5.69 Å². The summed E-state index contributed by atoms with van der Waals surface area (Å²) in [7, 11) is 0. The average Bonchev–Trinajstić information content (AvgIpc) is 2.46. The van der Waals surface area contributed by atoms with Crippen LogP contribution in [0, 0.1) is 0 Å². The van der Waals surface area contributed by atoms with Crippen molar-refractivity contribution in [1.82, 2.24) is 0 Å². The van der Waals surface area contributed by atoms with Gasteiger partial charge in [0.1, 0.15) is 6.04 Å². The van der Waals surface area contributed by atoms with Gasteiger partial charge in [0, 0.05) is 20.8 Å². The van der Waals surface area contributed by atoms with E-state index in [0.717, 1.165) is 11.3 Å². The van der Waals surface area contributed by atoms with E-state index in [1.807, 2.05) is 0 Å². The maximum Gasteiger partial charge on any atom is 0.247 e. The molecular weight excluding hydrogens is 331 g/mol. The Balaban J connectivity index is 2.00. The maximum absolute atomic E-state index is 12.1. The number of hydrogen-bond donors (Lipinski definition) is 1. The molecule has 0 saturated carbocycles. The first-order chi connectivity index (χ1) is 9.99. The number of hydrogen-bond acceptors (Lipinski definition) is 2. The number of β-lactam (4-membered cyclic amide) rings is 1. The minimum atomic E-state index is -0.612. The van der Waals surface area contributed by atoms with E-state index in [1.54, 1.807) is 47.4 Å². The van der Waals surface area contributed by atoms with Crippen LogP contribution < -0.4 is 10.6 Å². The van der Waals surface area contributed by atoms with E-state index in [-0.39, 0.29) is 11.9 Å². The molecule has 1 amide bonds. The van der Waals surface area contributed by atoms with Gasteiger partial charge in [0.2, 0.25) is 5.91 Å². The Kier molecular flexibility index (Phi) is 3.84. The predicted molar refractivity (Wildman–Crippen MR) is 86.1 cm³/mol. The van der Waals surface area contributed by atoms with E-state index in [0.29, 0.717) is 15.1 Å². The van der Waals surface area contributed by atoms with Crippen LogP contribution in [0.5, 0.6) is 0 Å². The smallest absolute Gasteiger partial charge is 0.247 e. The summed E-state index contributed by atoms with van der Waals surface area (Å²) in [6.07, 6.45) is 0. The number of benzene rings is 2. The first-order valence-corrected chi connectivity index (χ1v) is 7.41. The van der Waals surface area contributed by atoms with Crippen LogP contribution >= 0.6 is 34.8 Å². The molecule has 0 radical (unpaired) electrons. The molecular formula is C15H11Cl3N2O. The zero-order valence-electron chi connectivity index (χ0n) is 10.8. The fourth-order valence-electron chi connectivity index (χ4n) is 2.47. The Morgan fingerprint density at radius 3 is 2.19 bits per heavy atom. The number of carbonyl (C=O) groups is 1. The topological polar surface area (TPSA) is 46.3 Å². The number of rotatable bonds is 2. The standard InChI is InChI=1S/C15H11Cl3N2O/c16-8-1-4-10(5-2-8)20-14(13(19)15(20)21)11-6-3-9(17)7-12(11)18/h1-7,13-14H,19H2/t13-,14-/m1/s1. The van der Waals surface area contributed by atoms with Crippen LogP contribution in [0.2, 0.25) is 15.1 Å². The number of nitrogens with zero attached hydrogens (tertiary/aromatic N) is 1. The summed E-state index contributed by atoms with van der Waals surface area (Å²) in [4.78, 5) is 13.7. The number of halogens is 3. The molecule has 2 N–H and O–H groups in total. The lowest BCUT2D eigenvalue weighted by atomic mass is 9.88. The molecule has 0 spiro atoms. The first-order valence-electron chi connectivity index (χ1n) is 6.28. The lowest BCUT2D eigenvalue weighted by molar-refractivity contribution is -0.126. The van der Waals surface area contributed by atoms with Crippen molar-refractivity contribution in [2.75, 3.05) is 4.90 Å². The Labute approximate surface area is 137 Å². The molecule has 2 aromatic rings. The summed E-state index contributed by atoms with van der Waals surface area (Å²) in [6, 6.07) is 11.3. The van der Waals surface area contributed by atoms with Crippen molar-refractivity contribution in [3.05, 3.63) is 63.1 Å². The van der Waals surface area contributed by atoms with Gasteiger partial charge in [0.15, 0.2) is 0 Å². The van der Waals surface area contributed by atoms with Crippen LogP contribution in [-0.2, 0) is 4.79 Å². The van der Waals surface area contributed by atoms with Crippen molar-refractivity contribution >= 4 is 46.4 Å². The zero-order valence-corrected chi connectivity index (χ0v) is 13.0. The number of amides is 1. The Hall–Kier alpha value is -1.26. The molecule has 21 heavy (non-hydrogen) atoms. The van der Waals surface area contributed by atoms with Crippen molar-refractivity contribution in [3.63, 3.8) is 0 Å². The summed E-state index contributed by atoms with van der Waals surface area (Å²) in [5.74, 6) is -0.145. The minimum absolute atomic E-state index is 0.145. The molecule has 0 aromatic heterocycles. The second-order valence-corrected chi connectivity index (χ2v) is 6.10. The monoisotopic (exact) mass is 340 g/mol. The fourth-order valence-corrected chi connectivity index (χ4v) is 3.12. The van der Waals surface area contributed by atoms with Gasteiger partial charge in [-0.05, 0) is 42.0 Å². The van der Waals surface area contributed by atoms with Gasteiger partial charge >= 0.3 is 0 Å². The van der Waals surface area contributed by atoms with E-state index in [1.165, 1.54) is 0 Å². The third-order valence-corrected chi connectivity index (χ3v) is 4.34. The highest BCUT2D eigenvalue weighted by molar-refractivity contribution is 6.35. The van der Waals surface area contributed by atoms with Gasteiger partial charge in [-0.25, -0.2) is 0 Å². The zero-order chi connectivity index (χ0) is 15.1. The number of nitrogens with two attached hydrogens (primary N) is 1. The van der Waals surface area contributed by atoms with Gasteiger partial charge in [-0.3, -0.25) is 4.79 Å². The highest BCUT2D eigenvalue weighted by Gasteiger charge is 2.47. The summed E-state index contributed by atoms with van der Waals surface area (Å²) in [6.45, 7) is 0. The van der Waals surface area contributed by atoms with Gasteiger partial charge in [-0.2, -0.15) is 0 Å². The fraction of sp³-hybridized carbons (Fsp3) is 0.133. The Morgan fingerprint density at radius 1 is 0.952 bits per heavy atom. The van der Waals surface area contributed by atoms with Crippen LogP contribution in [0.1, 0.15) is 11.6 Å². The van der Waals surface area contributed by atoms with Gasteiger partial charge in [-0.1, -0.05) is 40.9 Å². The third kappa shape index (κ3) is 2.51. The lowest BCUT2D eigenvalue weighted by Gasteiger charge is -2.46. The summed E-state index contributed by atoms with van der Waals surface area (Å²) in [5.41, 5.74) is 7.47. The molecule has 3 rings (SSSR count). The molecule has 0 unspecified atom stereocenters.